The molecule has 2 heterocycles. The summed E-state index contributed by atoms with van der Waals surface area (Å²) in [6.45, 7) is 0.133. The molecule has 94 valence electrons. The molecule has 3 rings (SSSR count). The molecule has 1 aliphatic rings. The minimum Gasteiger partial charge on any atom is -0.396 e. The monoisotopic (exact) mass is 265 g/mol. The average molecular weight is 266 g/mol. The van der Waals surface area contributed by atoms with Crippen molar-refractivity contribution in [1.82, 2.24) is 19.5 Å². The molecule has 0 fully saturated rings. The molecule has 18 heavy (non-hydrogen) atoms. The molecule has 0 radical (unpaired) electrons. The Bertz CT molecular complexity index is 623. The van der Waals surface area contributed by atoms with Crippen molar-refractivity contribution in [2.75, 3.05) is 12.3 Å². The highest BCUT2D eigenvalue weighted by atomic mass is 35.5. The maximum absolute atomic E-state index is 9.15. The highest BCUT2D eigenvalue weighted by Crippen LogP contribution is 2.32. The van der Waals surface area contributed by atoms with Crippen LogP contribution < -0.4 is 5.73 Å². The van der Waals surface area contributed by atoms with Crippen LogP contribution in [0.2, 0.25) is 5.28 Å². The van der Waals surface area contributed by atoms with Gasteiger partial charge in [-0.1, -0.05) is 12.2 Å². The van der Waals surface area contributed by atoms with Gasteiger partial charge in [-0.2, -0.15) is 4.98 Å². The lowest BCUT2D eigenvalue weighted by atomic mass is 10.1. The number of allylic oxidation sites excluding steroid dienone is 1. The largest absolute Gasteiger partial charge is 0.396 e. The zero-order valence-electron chi connectivity index (χ0n) is 9.49. The van der Waals surface area contributed by atoms with Gasteiger partial charge in [0, 0.05) is 12.5 Å². The Morgan fingerprint density at radius 3 is 3.00 bits per heavy atom. The van der Waals surface area contributed by atoms with Crippen LogP contribution in [0.25, 0.3) is 11.2 Å². The molecule has 2 atom stereocenters. The van der Waals surface area contributed by atoms with Gasteiger partial charge in [-0.15, -0.1) is 0 Å². The smallest absolute Gasteiger partial charge is 0.222 e. The van der Waals surface area contributed by atoms with E-state index in [0.717, 1.165) is 6.42 Å². The minimum absolute atomic E-state index is 0.0500. The van der Waals surface area contributed by atoms with E-state index < -0.39 is 0 Å². The van der Waals surface area contributed by atoms with E-state index in [0.29, 0.717) is 16.4 Å². The van der Waals surface area contributed by atoms with E-state index in [1.54, 1.807) is 6.20 Å². The van der Waals surface area contributed by atoms with E-state index in [4.69, 9.17) is 22.4 Å². The number of anilines is 1. The van der Waals surface area contributed by atoms with Crippen molar-refractivity contribution < 1.29 is 5.11 Å². The summed E-state index contributed by atoms with van der Waals surface area (Å²) in [5, 5.41) is 9.51. The van der Waals surface area contributed by atoms with Crippen LogP contribution in [0.4, 0.5) is 5.95 Å². The summed E-state index contributed by atoms with van der Waals surface area (Å²) in [6.07, 6.45) is 6.33. The molecule has 1 aliphatic carbocycles. The lowest BCUT2D eigenvalue weighted by molar-refractivity contribution is 0.244. The van der Waals surface area contributed by atoms with Crippen LogP contribution >= 0.6 is 11.6 Å². The van der Waals surface area contributed by atoms with Gasteiger partial charge >= 0.3 is 0 Å². The number of nitrogens with zero attached hydrogens (tertiary/aromatic N) is 4. The molecule has 0 spiro atoms. The van der Waals surface area contributed by atoms with Crippen LogP contribution in [-0.4, -0.2) is 31.2 Å². The number of nitrogen functional groups attached to an aromatic ring is 1. The van der Waals surface area contributed by atoms with Crippen molar-refractivity contribution in [3.63, 3.8) is 0 Å². The Labute approximate surface area is 108 Å². The van der Waals surface area contributed by atoms with Crippen LogP contribution in [0.15, 0.2) is 18.3 Å². The fraction of sp³-hybridized carbons (Fsp3) is 0.364. The first-order valence-electron chi connectivity index (χ1n) is 5.64. The van der Waals surface area contributed by atoms with Gasteiger partial charge < -0.3 is 10.8 Å². The van der Waals surface area contributed by atoms with Gasteiger partial charge in [-0.3, -0.25) is 4.57 Å². The maximum atomic E-state index is 9.15. The van der Waals surface area contributed by atoms with Gasteiger partial charge in [-0.05, 0) is 18.0 Å². The van der Waals surface area contributed by atoms with Crippen LogP contribution in [0.1, 0.15) is 12.5 Å². The molecule has 2 aromatic rings. The molecule has 6 nitrogen and oxygen atoms in total. The van der Waals surface area contributed by atoms with Gasteiger partial charge in [0.25, 0.3) is 0 Å². The van der Waals surface area contributed by atoms with Crippen LogP contribution in [0.3, 0.4) is 0 Å². The molecule has 0 amide bonds. The maximum Gasteiger partial charge on any atom is 0.222 e. The topological polar surface area (TPSA) is 89.8 Å². The van der Waals surface area contributed by atoms with Crippen molar-refractivity contribution in [3.8, 4) is 0 Å². The first-order chi connectivity index (χ1) is 8.69. The SMILES string of the molecule is Nc1ncc2nc(Cl)n([C@H]3C=C[C@@H](CO)C3)c2n1. The number of rotatable bonds is 2. The number of aliphatic hydroxyl groups is 1. The first kappa shape index (κ1) is 11.4. The second kappa shape index (κ2) is 4.22. The standard InChI is InChI=1S/C11H12ClN5O/c12-10-15-8-4-14-11(13)16-9(8)17(10)7-2-1-6(3-7)5-18/h1-2,4,6-7,18H,3,5H2,(H2,13,14,16)/t6-,7+/m1/s1. The third-order valence-electron chi connectivity index (χ3n) is 3.12. The number of aromatic nitrogens is 4. The minimum atomic E-state index is 0.0500. The molecule has 2 aromatic heterocycles. The molecule has 0 saturated heterocycles. The zero-order valence-corrected chi connectivity index (χ0v) is 10.2. The molecule has 3 N–H and O–H groups in total. The molecule has 0 bridgehead atoms. The fourth-order valence-corrected chi connectivity index (χ4v) is 2.55. The van der Waals surface area contributed by atoms with E-state index in [9.17, 15) is 0 Å². The van der Waals surface area contributed by atoms with Crippen LogP contribution in [0.5, 0.6) is 0 Å². The van der Waals surface area contributed by atoms with Crippen LogP contribution in [-0.2, 0) is 0 Å². The van der Waals surface area contributed by atoms with E-state index in [-0.39, 0.29) is 24.5 Å². The number of halogens is 1. The van der Waals surface area contributed by atoms with E-state index >= 15 is 0 Å². The van der Waals surface area contributed by atoms with Crippen molar-refractivity contribution in [2.24, 2.45) is 5.92 Å². The normalized spacial score (nSPS) is 23.0. The fourth-order valence-electron chi connectivity index (χ4n) is 2.25. The number of fused-ring (bicyclic) bond motifs is 1. The highest BCUT2D eigenvalue weighted by molar-refractivity contribution is 6.29. The molecule has 0 unspecified atom stereocenters. The number of hydrogen-bond donors (Lipinski definition) is 2. The van der Waals surface area contributed by atoms with Gasteiger partial charge in [0.05, 0.1) is 12.2 Å². The van der Waals surface area contributed by atoms with Crippen molar-refractivity contribution >= 4 is 28.7 Å². The summed E-state index contributed by atoms with van der Waals surface area (Å²) < 4.78 is 1.82. The van der Waals surface area contributed by atoms with Crippen LogP contribution in [0, 0.1) is 5.92 Å². The average Bonchev–Trinajstić information content (AvgIpc) is 2.92. The molecule has 0 aromatic carbocycles. The first-order valence-corrected chi connectivity index (χ1v) is 6.02. The number of hydrogen-bond acceptors (Lipinski definition) is 5. The second-order valence-electron chi connectivity index (χ2n) is 4.32. The van der Waals surface area contributed by atoms with E-state index in [2.05, 4.69) is 15.0 Å². The highest BCUT2D eigenvalue weighted by Gasteiger charge is 2.24. The molecule has 7 heteroatoms. The summed E-state index contributed by atoms with van der Waals surface area (Å²) in [5.41, 5.74) is 6.84. The zero-order chi connectivity index (χ0) is 12.7. The van der Waals surface area contributed by atoms with Crippen molar-refractivity contribution in [2.45, 2.75) is 12.5 Å². The molecule has 0 aliphatic heterocycles. The Morgan fingerprint density at radius 2 is 2.28 bits per heavy atom. The van der Waals surface area contributed by atoms with Gasteiger partial charge in [0.1, 0.15) is 5.52 Å². The summed E-state index contributed by atoms with van der Waals surface area (Å²) >= 11 is 6.14. The lowest BCUT2D eigenvalue weighted by Gasteiger charge is -2.13. The summed E-state index contributed by atoms with van der Waals surface area (Å²) in [5.74, 6) is 0.351. The van der Waals surface area contributed by atoms with Crippen molar-refractivity contribution in [3.05, 3.63) is 23.6 Å². The third-order valence-corrected chi connectivity index (χ3v) is 3.39. The van der Waals surface area contributed by atoms with Crippen molar-refractivity contribution in [1.29, 1.82) is 0 Å². The van der Waals surface area contributed by atoms with E-state index in [1.807, 2.05) is 16.7 Å². The number of nitrogens with two attached hydrogens (primary N) is 1. The van der Waals surface area contributed by atoms with Gasteiger partial charge in [-0.25, -0.2) is 9.97 Å². The van der Waals surface area contributed by atoms with E-state index in [1.165, 1.54) is 0 Å². The second-order valence-corrected chi connectivity index (χ2v) is 4.66. The quantitative estimate of drug-likeness (QED) is 0.628. The Morgan fingerprint density at radius 1 is 1.44 bits per heavy atom. The molecular formula is C11H12ClN5O. The molecular weight excluding hydrogens is 254 g/mol. The number of imidazole rings is 1. The third kappa shape index (κ3) is 1.74. The summed E-state index contributed by atoms with van der Waals surface area (Å²) in [7, 11) is 0. The Kier molecular flexibility index (Phi) is 2.68. The van der Waals surface area contributed by atoms with Gasteiger partial charge in [0.15, 0.2) is 5.65 Å². The number of aliphatic hydroxyl groups excluding tert-OH is 1. The summed E-state index contributed by atoms with van der Waals surface area (Å²) in [6, 6.07) is 0.0500. The predicted molar refractivity (Wildman–Crippen MR) is 68.1 cm³/mol. The van der Waals surface area contributed by atoms with Gasteiger partial charge in [0.2, 0.25) is 11.2 Å². The lowest BCUT2D eigenvalue weighted by Crippen LogP contribution is -2.09. The predicted octanol–water partition coefficient (Wildman–Crippen LogP) is 1.17. The Balaban J connectivity index is 2.09. The Hall–Kier alpha value is -1.66. The molecule has 0 saturated carbocycles. The summed E-state index contributed by atoms with van der Waals surface area (Å²) in [4.78, 5) is 12.3.